The van der Waals surface area contributed by atoms with E-state index < -0.39 is 0 Å². The third-order valence-corrected chi connectivity index (χ3v) is 6.41. The molecule has 30 heavy (non-hydrogen) atoms. The van der Waals surface area contributed by atoms with Crippen LogP contribution in [0.3, 0.4) is 0 Å². The van der Waals surface area contributed by atoms with E-state index in [0.29, 0.717) is 5.96 Å². The monoisotopic (exact) mass is 387 g/mol. The molecule has 1 N–H and O–H groups in total. The summed E-state index contributed by atoms with van der Waals surface area (Å²) in [5.74, 6) is 0.440. The predicted molar refractivity (Wildman–Crippen MR) is 130 cm³/mol. The van der Waals surface area contributed by atoms with Gasteiger partial charge >= 0.3 is 0 Å². The van der Waals surface area contributed by atoms with Crippen molar-refractivity contribution in [2.24, 2.45) is 0 Å². The van der Waals surface area contributed by atoms with E-state index in [4.69, 9.17) is 5.41 Å². The van der Waals surface area contributed by atoms with Crippen LogP contribution in [0.5, 0.6) is 0 Å². The Morgan fingerprint density at radius 1 is 0.633 bits per heavy atom. The molecule has 2 aliphatic carbocycles. The maximum atomic E-state index is 8.98. The zero-order valence-corrected chi connectivity index (χ0v) is 17.0. The molecule has 0 atom stereocenters. The van der Waals surface area contributed by atoms with Crippen LogP contribution >= 0.6 is 0 Å². The Morgan fingerprint density at radius 2 is 1.27 bits per heavy atom. The lowest BCUT2D eigenvalue weighted by Crippen LogP contribution is -2.40. The van der Waals surface area contributed by atoms with Crippen molar-refractivity contribution in [3.8, 4) is 0 Å². The minimum atomic E-state index is 0.440. The molecule has 3 nitrogen and oxygen atoms in total. The Kier molecular flexibility index (Phi) is 3.45. The van der Waals surface area contributed by atoms with Gasteiger partial charge in [0.1, 0.15) is 0 Å². The predicted octanol–water partition coefficient (Wildman–Crippen LogP) is 6.47. The molecule has 0 unspecified atom stereocenters. The van der Waals surface area contributed by atoms with Crippen molar-refractivity contribution in [2.75, 3.05) is 23.9 Å². The summed E-state index contributed by atoms with van der Waals surface area (Å²) in [5.41, 5.74) is 7.03. The Labute approximate surface area is 175 Å². The molecule has 0 radical (unpaired) electrons. The molecule has 0 bridgehead atoms. The van der Waals surface area contributed by atoms with E-state index in [9.17, 15) is 0 Å². The number of guanidine groups is 1. The highest BCUT2D eigenvalue weighted by molar-refractivity contribution is 6.16. The lowest BCUT2D eigenvalue weighted by Gasteiger charge is -2.30. The molecule has 4 aromatic rings. The van der Waals surface area contributed by atoms with Crippen LogP contribution in [0.25, 0.3) is 45.8 Å². The molecule has 0 spiro atoms. The summed E-state index contributed by atoms with van der Waals surface area (Å²) in [7, 11) is 3.96. The van der Waals surface area contributed by atoms with Crippen LogP contribution in [0.15, 0.2) is 60.7 Å². The summed E-state index contributed by atoms with van der Waals surface area (Å²) in [5, 5.41) is 13.9. The lowest BCUT2D eigenvalue weighted by atomic mass is 10.0. The van der Waals surface area contributed by atoms with E-state index in [1.54, 1.807) is 0 Å². The first-order valence-corrected chi connectivity index (χ1v) is 10.2. The van der Waals surface area contributed by atoms with Crippen molar-refractivity contribution >= 4 is 63.2 Å². The average Bonchev–Trinajstić information content (AvgIpc) is 3.40. The minimum Gasteiger partial charge on any atom is -0.315 e. The molecular weight excluding hydrogens is 366 g/mol. The molecular formula is C27H21N3. The summed E-state index contributed by atoms with van der Waals surface area (Å²) in [6, 6.07) is 21.3. The number of benzene rings is 4. The van der Waals surface area contributed by atoms with E-state index in [1.807, 2.05) is 23.9 Å². The topological polar surface area (TPSA) is 30.3 Å². The summed E-state index contributed by atoms with van der Waals surface area (Å²) in [4.78, 5) is 3.95. The molecule has 0 saturated carbocycles. The highest BCUT2D eigenvalue weighted by Crippen LogP contribution is 2.39. The van der Waals surface area contributed by atoms with Crippen LogP contribution in [-0.2, 0) is 0 Å². The largest absolute Gasteiger partial charge is 0.315 e. The summed E-state index contributed by atoms with van der Waals surface area (Å²) >= 11 is 0. The standard InChI is InChI=1S/C27H21N3/c1-29(23-16-13-20-10-9-17-7-4-8-21(23)26(17)20)27(28)30(2)24-15-12-19-6-3-5-18-11-14-22(24)25(18)19/h3-16,28H,1-2H3. The van der Waals surface area contributed by atoms with Crippen molar-refractivity contribution < 1.29 is 0 Å². The van der Waals surface area contributed by atoms with Gasteiger partial charge in [-0.25, -0.2) is 0 Å². The van der Waals surface area contributed by atoms with Crippen molar-refractivity contribution in [1.29, 1.82) is 5.41 Å². The molecule has 0 heterocycles. The fraction of sp³-hybridized carbons (Fsp3) is 0.0741. The maximum absolute atomic E-state index is 8.98. The first-order chi connectivity index (χ1) is 14.6. The molecule has 0 fully saturated rings. The lowest BCUT2D eigenvalue weighted by molar-refractivity contribution is 1.12. The Bertz CT molecular complexity index is 1430. The normalized spacial score (nSPS) is 12.9. The summed E-state index contributed by atoms with van der Waals surface area (Å²) in [6.07, 6.45) is 8.67. The van der Waals surface area contributed by atoms with Crippen molar-refractivity contribution in [3.63, 3.8) is 0 Å². The molecule has 2 aliphatic rings. The van der Waals surface area contributed by atoms with Gasteiger partial charge in [0.2, 0.25) is 5.96 Å². The van der Waals surface area contributed by atoms with Gasteiger partial charge in [-0.05, 0) is 45.0 Å². The van der Waals surface area contributed by atoms with Gasteiger partial charge in [-0.15, -0.1) is 0 Å². The molecule has 0 saturated heterocycles. The summed E-state index contributed by atoms with van der Waals surface area (Å²) < 4.78 is 0. The molecule has 6 rings (SSSR count). The molecule has 144 valence electrons. The summed E-state index contributed by atoms with van der Waals surface area (Å²) in [6.45, 7) is 0. The number of rotatable bonds is 2. The second kappa shape index (κ2) is 6.07. The number of nitrogens with zero attached hydrogens (tertiary/aromatic N) is 2. The van der Waals surface area contributed by atoms with Crippen LogP contribution in [-0.4, -0.2) is 20.1 Å². The van der Waals surface area contributed by atoms with Gasteiger partial charge in [0, 0.05) is 25.0 Å². The van der Waals surface area contributed by atoms with Crippen LogP contribution in [0.1, 0.15) is 22.3 Å². The molecule has 3 heteroatoms. The smallest absolute Gasteiger partial charge is 0.202 e. The van der Waals surface area contributed by atoms with Gasteiger partial charge in [0.15, 0.2) is 0 Å². The zero-order valence-electron chi connectivity index (χ0n) is 17.0. The Hall–Kier alpha value is -3.85. The molecule has 4 aromatic carbocycles. The SMILES string of the molecule is CN(C(=N)N(C)c1ccc2c3c(cccc13)C=C2)c1ccc2cccc3c2c1C=C3. The van der Waals surface area contributed by atoms with Gasteiger partial charge in [-0.2, -0.15) is 0 Å². The molecule has 0 aromatic heterocycles. The average molecular weight is 387 g/mol. The van der Waals surface area contributed by atoms with Crippen molar-refractivity contribution in [2.45, 2.75) is 0 Å². The number of anilines is 2. The Balaban J connectivity index is 1.42. The maximum Gasteiger partial charge on any atom is 0.202 e. The fourth-order valence-electron chi connectivity index (χ4n) is 4.85. The van der Waals surface area contributed by atoms with Gasteiger partial charge in [-0.1, -0.05) is 72.8 Å². The van der Waals surface area contributed by atoms with Gasteiger partial charge in [0.05, 0.1) is 11.4 Å². The number of hydrogen-bond acceptors (Lipinski definition) is 1. The minimum absolute atomic E-state index is 0.440. The van der Waals surface area contributed by atoms with E-state index >= 15 is 0 Å². The zero-order chi connectivity index (χ0) is 20.4. The van der Waals surface area contributed by atoms with Crippen LogP contribution in [0.4, 0.5) is 11.4 Å². The first kappa shape index (κ1) is 17.0. The van der Waals surface area contributed by atoms with Gasteiger partial charge < -0.3 is 9.80 Å². The highest BCUT2D eigenvalue weighted by atomic mass is 15.3. The van der Waals surface area contributed by atoms with Crippen LogP contribution < -0.4 is 9.80 Å². The second-order valence-electron chi connectivity index (χ2n) is 8.00. The molecule has 0 aliphatic heterocycles. The molecule has 0 amide bonds. The van der Waals surface area contributed by atoms with Gasteiger partial charge in [0.25, 0.3) is 0 Å². The first-order valence-electron chi connectivity index (χ1n) is 10.2. The Morgan fingerprint density at radius 3 is 2.10 bits per heavy atom. The van der Waals surface area contributed by atoms with E-state index in [0.717, 1.165) is 11.4 Å². The van der Waals surface area contributed by atoms with Gasteiger partial charge in [-0.3, -0.25) is 5.41 Å². The van der Waals surface area contributed by atoms with Crippen LogP contribution in [0.2, 0.25) is 0 Å². The van der Waals surface area contributed by atoms with E-state index in [1.165, 1.54) is 43.8 Å². The van der Waals surface area contributed by atoms with Crippen LogP contribution in [0, 0.1) is 5.41 Å². The second-order valence-corrected chi connectivity index (χ2v) is 8.00. The third kappa shape index (κ3) is 2.23. The quantitative estimate of drug-likeness (QED) is 0.273. The van der Waals surface area contributed by atoms with Crippen molar-refractivity contribution in [3.05, 3.63) is 82.9 Å². The van der Waals surface area contributed by atoms with Crippen molar-refractivity contribution in [1.82, 2.24) is 0 Å². The van der Waals surface area contributed by atoms with E-state index in [2.05, 4.69) is 85.0 Å². The third-order valence-electron chi connectivity index (χ3n) is 6.41. The number of hydrogen-bond donors (Lipinski definition) is 1. The van der Waals surface area contributed by atoms with E-state index in [-0.39, 0.29) is 0 Å². The number of nitrogens with one attached hydrogen (secondary N) is 1. The highest BCUT2D eigenvalue weighted by Gasteiger charge is 2.21. The fourth-order valence-corrected chi connectivity index (χ4v) is 4.85.